The zero-order chi connectivity index (χ0) is 15.0. The van der Waals surface area contributed by atoms with Crippen LogP contribution in [-0.2, 0) is 0 Å². The minimum atomic E-state index is -0.146. The zero-order valence-electron chi connectivity index (χ0n) is 12.1. The van der Waals surface area contributed by atoms with E-state index in [0.29, 0.717) is 16.3 Å². The molecule has 0 unspecified atom stereocenters. The topological polar surface area (TPSA) is 54.9 Å². The van der Waals surface area contributed by atoms with E-state index in [9.17, 15) is 4.79 Å². The highest BCUT2D eigenvalue weighted by Crippen LogP contribution is 2.28. The molecule has 3 aromatic rings. The maximum absolute atomic E-state index is 12.2. The van der Waals surface area contributed by atoms with Crippen molar-refractivity contribution < 1.29 is 4.79 Å². The van der Waals surface area contributed by atoms with E-state index in [1.54, 1.807) is 6.07 Å². The van der Waals surface area contributed by atoms with E-state index >= 15 is 0 Å². The minimum absolute atomic E-state index is 0.146. The molecule has 0 bridgehead atoms. The summed E-state index contributed by atoms with van der Waals surface area (Å²) < 4.78 is 1.01. The van der Waals surface area contributed by atoms with Crippen LogP contribution in [-0.4, -0.2) is 15.9 Å². The Balaban J connectivity index is 1.91. The molecule has 1 N–H and O–H groups in total. The number of fused-ring (bicyclic) bond motifs is 1. The molecule has 1 aromatic carbocycles. The third kappa shape index (κ3) is 2.78. The van der Waals surface area contributed by atoms with Crippen LogP contribution in [0.4, 0.5) is 5.13 Å². The van der Waals surface area contributed by atoms with Crippen LogP contribution in [0.1, 0.15) is 27.2 Å². The Bertz CT molecular complexity index is 839. The maximum Gasteiger partial charge on any atom is 0.257 e. The van der Waals surface area contributed by atoms with Gasteiger partial charge >= 0.3 is 0 Å². The van der Waals surface area contributed by atoms with Crippen LogP contribution >= 0.6 is 11.3 Å². The molecule has 0 atom stereocenters. The molecule has 3 rings (SSSR count). The van der Waals surface area contributed by atoms with Crippen molar-refractivity contribution in [3.63, 3.8) is 0 Å². The molecule has 2 heterocycles. The molecule has 1 amide bonds. The molecule has 0 spiro atoms. The molecule has 0 aliphatic carbocycles. The molecular formula is C16H15N3OS. The number of aryl methyl sites for hydroxylation is 3. The Kier molecular flexibility index (Phi) is 3.43. The standard InChI is InChI=1S/C16H15N3OS/c1-9-5-4-6-12(7-9)15(20)19-16-18-14-13(21-16)10(2)8-11(3)17-14/h4-8H,1-3H3,(H,17,18,19,20). The maximum atomic E-state index is 12.2. The van der Waals surface area contributed by atoms with Crippen LogP contribution in [0.3, 0.4) is 0 Å². The summed E-state index contributed by atoms with van der Waals surface area (Å²) in [4.78, 5) is 21.0. The van der Waals surface area contributed by atoms with Gasteiger partial charge in [0.1, 0.15) is 0 Å². The van der Waals surface area contributed by atoms with Gasteiger partial charge in [0.15, 0.2) is 10.8 Å². The number of benzene rings is 1. The average molecular weight is 297 g/mol. The Morgan fingerprint density at radius 3 is 2.71 bits per heavy atom. The van der Waals surface area contributed by atoms with Gasteiger partial charge in [0.25, 0.3) is 5.91 Å². The predicted molar refractivity (Wildman–Crippen MR) is 86.0 cm³/mol. The number of carbonyl (C=O) groups excluding carboxylic acids is 1. The Hall–Kier alpha value is -2.27. The van der Waals surface area contributed by atoms with Crippen LogP contribution in [0.25, 0.3) is 10.3 Å². The number of aromatic nitrogens is 2. The van der Waals surface area contributed by atoms with E-state index in [-0.39, 0.29) is 5.91 Å². The van der Waals surface area contributed by atoms with Gasteiger partial charge in [-0.25, -0.2) is 4.98 Å². The van der Waals surface area contributed by atoms with Crippen LogP contribution in [0, 0.1) is 20.8 Å². The van der Waals surface area contributed by atoms with Gasteiger partial charge in [0, 0.05) is 11.3 Å². The van der Waals surface area contributed by atoms with Crippen LogP contribution in [0.15, 0.2) is 30.3 Å². The van der Waals surface area contributed by atoms with E-state index in [2.05, 4.69) is 15.3 Å². The lowest BCUT2D eigenvalue weighted by atomic mass is 10.1. The van der Waals surface area contributed by atoms with Crippen molar-refractivity contribution in [2.75, 3.05) is 5.32 Å². The van der Waals surface area contributed by atoms with E-state index in [0.717, 1.165) is 21.5 Å². The summed E-state index contributed by atoms with van der Waals surface area (Å²) in [5, 5.41) is 3.43. The quantitative estimate of drug-likeness (QED) is 0.781. The summed E-state index contributed by atoms with van der Waals surface area (Å²) in [5.74, 6) is -0.146. The molecular weight excluding hydrogens is 282 g/mol. The van der Waals surface area contributed by atoms with E-state index in [1.807, 2.05) is 45.0 Å². The predicted octanol–water partition coefficient (Wildman–Crippen LogP) is 3.87. The molecule has 0 saturated carbocycles. The van der Waals surface area contributed by atoms with E-state index < -0.39 is 0 Å². The minimum Gasteiger partial charge on any atom is -0.298 e. The highest BCUT2D eigenvalue weighted by atomic mass is 32.1. The first-order valence-electron chi connectivity index (χ1n) is 6.66. The number of nitrogens with one attached hydrogen (secondary N) is 1. The first-order valence-corrected chi connectivity index (χ1v) is 7.47. The smallest absolute Gasteiger partial charge is 0.257 e. The molecule has 0 radical (unpaired) electrons. The molecule has 0 aliphatic heterocycles. The summed E-state index contributed by atoms with van der Waals surface area (Å²) in [5.41, 5.74) is 4.44. The van der Waals surface area contributed by atoms with Gasteiger partial charge in [0.2, 0.25) is 0 Å². The van der Waals surface area contributed by atoms with Crippen molar-refractivity contribution in [3.8, 4) is 0 Å². The number of carbonyl (C=O) groups is 1. The number of pyridine rings is 1. The van der Waals surface area contributed by atoms with E-state index in [4.69, 9.17) is 0 Å². The van der Waals surface area contributed by atoms with Crippen LogP contribution in [0.2, 0.25) is 0 Å². The van der Waals surface area contributed by atoms with E-state index in [1.165, 1.54) is 11.3 Å². The van der Waals surface area contributed by atoms with Gasteiger partial charge in [-0.1, -0.05) is 29.0 Å². The summed E-state index contributed by atoms with van der Waals surface area (Å²) >= 11 is 1.45. The molecule has 5 heteroatoms. The molecule has 106 valence electrons. The molecule has 2 aromatic heterocycles. The van der Waals surface area contributed by atoms with Crippen LogP contribution < -0.4 is 5.32 Å². The molecule has 21 heavy (non-hydrogen) atoms. The van der Waals surface area contributed by atoms with Crippen molar-refractivity contribution in [1.82, 2.24) is 9.97 Å². The monoisotopic (exact) mass is 297 g/mol. The first kappa shape index (κ1) is 13.7. The van der Waals surface area contributed by atoms with Crippen molar-refractivity contribution in [3.05, 3.63) is 52.7 Å². The summed E-state index contributed by atoms with van der Waals surface area (Å²) in [6.07, 6.45) is 0. The number of hydrogen-bond acceptors (Lipinski definition) is 4. The normalized spacial score (nSPS) is 10.8. The number of thiazole rings is 1. The van der Waals surface area contributed by atoms with Crippen molar-refractivity contribution in [2.45, 2.75) is 20.8 Å². The molecule has 0 saturated heterocycles. The Labute approximate surface area is 126 Å². The largest absolute Gasteiger partial charge is 0.298 e. The number of nitrogens with zero attached hydrogens (tertiary/aromatic N) is 2. The lowest BCUT2D eigenvalue weighted by Gasteiger charge is -2.02. The van der Waals surface area contributed by atoms with Crippen molar-refractivity contribution >= 4 is 32.7 Å². The SMILES string of the molecule is Cc1cccc(C(=O)Nc2nc3nc(C)cc(C)c3s2)c1. The fourth-order valence-electron chi connectivity index (χ4n) is 2.23. The van der Waals surface area contributed by atoms with Gasteiger partial charge in [-0.05, 0) is 44.5 Å². The second kappa shape index (κ2) is 5.26. The van der Waals surface area contributed by atoms with Gasteiger partial charge in [-0.2, -0.15) is 4.98 Å². The second-order valence-corrected chi connectivity index (χ2v) is 6.07. The zero-order valence-corrected chi connectivity index (χ0v) is 12.9. The fraction of sp³-hybridized carbons (Fsp3) is 0.188. The van der Waals surface area contributed by atoms with Crippen molar-refractivity contribution in [1.29, 1.82) is 0 Å². The van der Waals surface area contributed by atoms with Gasteiger partial charge < -0.3 is 0 Å². The number of rotatable bonds is 2. The number of amides is 1. The fourth-order valence-corrected chi connectivity index (χ4v) is 3.10. The van der Waals surface area contributed by atoms with Gasteiger partial charge in [0.05, 0.1) is 4.70 Å². The highest BCUT2D eigenvalue weighted by Gasteiger charge is 2.12. The summed E-state index contributed by atoms with van der Waals surface area (Å²) in [6, 6.07) is 9.51. The second-order valence-electron chi connectivity index (χ2n) is 5.08. The third-order valence-corrected chi connectivity index (χ3v) is 4.27. The highest BCUT2D eigenvalue weighted by molar-refractivity contribution is 7.22. The number of anilines is 1. The summed E-state index contributed by atoms with van der Waals surface area (Å²) in [7, 11) is 0. The average Bonchev–Trinajstić information content (AvgIpc) is 2.81. The lowest BCUT2D eigenvalue weighted by molar-refractivity contribution is 0.102. The van der Waals surface area contributed by atoms with Gasteiger partial charge in [-0.15, -0.1) is 0 Å². The number of hydrogen-bond donors (Lipinski definition) is 1. The molecule has 0 aliphatic rings. The summed E-state index contributed by atoms with van der Waals surface area (Å²) in [6.45, 7) is 5.93. The first-order chi connectivity index (χ1) is 10.0. The Morgan fingerprint density at radius 2 is 1.95 bits per heavy atom. The third-order valence-electron chi connectivity index (χ3n) is 3.18. The lowest BCUT2D eigenvalue weighted by Crippen LogP contribution is -2.11. The van der Waals surface area contributed by atoms with Crippen LogP contribution in [0.5, 0.6) is 0 Å². The van der Waals surface area contributed by atoms with Gasteiger partial charge in [-0.3, -0.25) is 10.1 Å². The molecule has 0 fully saturated rings. The Morgan fingerprint density at radius 1 is 1.14 bits per heavy atom. The molecule has 4 nitrogen and oxygen atoms in total. The van der Waals surface area contributed by atoms with Crippen molar-refractivity contribution in [2.24, 2.45) is 0 Å².